The molecule has 1 fully saturated rings. The minimum atomic E-state index is -0.0765. The van der Waals surface area contributed by atoms with E-state index in [1.54, 1.807) is 7.11 Å². The van der Waals surface area contributed by atoms with Gasteiger partial charge in [-0.2, -0.15) is 0 Å². The van der Waals surface area contributed by atoms with Gasteiger partial charge in [-0.25, -0.2) is 4.98 Å². The predicted molar refractivity (Wildman–Crippen MR) is 105 cm³/mol. The van der Waals surface area contributed by atoms with Crippen LogP contribution in [0.3, 0.4) is 0 Å². The van der Waals surface area contributed by atoms with Crippen LogP contribution in [-0.2, 0) is 20.7 Å². The number of methoxy groups -OCH3 is 1. The van der Waals surface area contributed by atoms with Crippen molar-refractivity contribution < 1.29 is 18.7 Å². The molecule has 0 saturated heterocycles. The van der Waals surface area contributed by atoms with Crippen LogP contribution >= 0.6 is 0 Å². The summed E-state index contributed by atoms with van der Waals surface area (Å²) in [6.45, 7) is 2.24. The van der Waals surface area contributed by atoms with Gasteiger partial charge in [0.1, 0.15) is 5.76 Å². The number of rotatable bonds is 8. The van der Waals surface area contributed by atoms with Gasteiger partial charge in [0, 0.05) is 31.2 Å². The molecule has 2 amide bonds. The molecule has 0 aliphatic heterocycles. The van der Waals surface area contributed by atoms with Crippen LogP contribution in [0.2, 0.25) is 0 Å². The first-order valence-electron chi connectivity index (χ1n) is 9.64. The van der Waals surface area contributed by atoms with Gasteiger partial charge in [-0.15, -0.1) is 0 Å². The van der Waals surface area contributed by atoms with Crippen molar-refractivity contribution in [2.75, 3.05) is 13.7 Å². The van der Waals surface area contributed by atoms with Crippen LogP contribution in [0.4, 0.5) is 0 Å². The topological polar surface area (TPSA) is 93.5 Å². The summed E-state index contributed by atoms with van der Waals surface area (Å²) >= 11 is 0. The van der Waals surface area contributed by atoms with Crippen LogP contribution < -0.4 is 10.6 Å². The van der Waals surface area contributed by atoms with Gasteiger partial charge < -0.3 is 19.8 Å². The molecule has 1 aliphatic carbocycles. The van der Waals surface area contributed by atoms with Crippen LogP contribution in [-0.4, -0.2) is 42.6 Å². The Labute approximate surface area is 164 Å². The van der Waals surface area contributed by atoms with Crippen molar-refractivity contribution in [3.8, 4) is 11.5 Å². The van der Waals surface area contributed by atoms with Crippen molar-refractivity contribution in [1.82, 2.24) is 15.6 Å². The Kier molecular flexibility index (Phi) is 6.81. The summed E-state index contributed by atoms with van der Waals surface area (Å²) in [4.78, 5) is 28.7. The van der Waals surface area contributed by atoms with E-state index >= 15 is 0 Å². The summed E-state index contributed by atoms with van der Waals surface area (Å²) in [6, 6.07) is 9.80. The fourth-order valence-electron chi connectivity index (χ4n) is 3.47. The van der Waals surface area contributed by atoms with Crippen molar-refractivity contribution in [3.05, 3.63) is 41.8 Å². The van der Waals surface area contributed by atoms with E-state index in [1.807, 2.05) is 37.3 Å². The van der Waals surface area contributed by atoms with Gasteiger partial charge >= 0.3 is 0 Å². The number of hydrogen-bond donors (Lipinski definition) is 2. The maximum Gasteiger partial charge on any atom is 0.226 e. The zero-order valence-electron chi connectivity index (χ0n) is 16.4. The summed E-state index contributed by atoms with van der Waals surface area (Å²) in [5, 5.41) is 6.05. The number of nitrogens with zero attached hydrogens (tertiary/aromatic N) is 1. The highest BCUT2D eigenvalue weighted by Gasteiger charge is 2.27. The second kappa shape index (κ2) is 9.50. The first-order chi connectivity index (χ1) is 13.5. The van der Waals surface area contributed by atoms with Crippen LogP contribution in [0.1, 0.15) is 37.1 Å². The van der Waals surface area contributed by atoms with Crippen LogP contribution in [0.25, 0.3) is 11.5 Å². The first kappa shape index (κ1) is 20.1. The molecule has 1 aromatic heterocycles. The highest BCUT2D eigenvalue weighted by atomic mass is 16.5. The molecule has 28 heavy (non-hydrogen) atoms. The largest absolute Gasteiger partial charge is 0.441 e. The van der Waals surface area contributed by atoms with Crippen LogP contribution in [0.15, 0.2) is 34.7 Å². The average molecular weight is 385 g/mol. The maximum atomic E-state index is 12.4. The number of benzene rings is 1. The molecule has 1 aliphatic rings. The minimum absolute atomic E-state index is 0.00881. The average Bonchev–Trinajstić information content (AvgIpc) is 3.27. The third-order valence-electron chi connectivity index (χ3n) is 4.94. The summed E-state index contributed by atoms with van der Waals surface area (Å²) in [6.07, 6.45) is 3.01. The Morgan fingerprint density at radius 3 is 2.50 bits per heavy atom. The monoisotopic (exact) mass is 385 g/mol. The van der Waals surface area contributed by atoms with E-state index < -0.39 is 0 Å². The summed E-state index contributed by atoms with van der Waals surface area (Å²) < 4.78 is 10.6. The van der Waals surface area contributed by atoms with Crippen LogP contribution in [0.5, 0.6) is 0 Å². The fourth-order valence-corrected chi connectivity index (χ4v) is 3.47. The molecule has 1 heterocycles. The van der Waals surface area contributed by atoms with Crippen molar-refractivity contribution in [2.45, 2.75) is 51.1 Å². The number of aromatic nitrogens is 1. The lowest BCUT2D eigenvalue weighted by atomic mass is 10.2. The standard InChI is InChI=1S/C21H27N3O4/c1-14-18(24-21(28-14)15-6-4-3-5-7-15)13-20(26)23-17-9-8-16(12-17)22-19(25)10-11-27-2/h3-7,16-17H,8-13H2,1-2H3,(H,22,25)(H,23,26)/t16-,17+/m0/s1. The zero-order valence-corrected chi connectivity index (χ0v) is 16.4. The van der Waals surface area contributed by atoms with Crippen LogP contribution in [0, 0.1) is 6.92 Å². The number of amides is 2. The lowest BCUT2D eigenvalue weighted by Crippen LogP contribution is -2.38. The molecule has 7 nitrogen and oxygen atoms in total. The number of ether oxygens (including phenoxy) is 1. The minimum Gasteiger partial charge on any atom is -0.441 e. The van der Waals surface area contributed by atoms with E-state index in [1.165, 1.54) is 0 Å². The molecule has 0 spiro atoms. The third-order valence-corrected chi connectivity index (χ3v) is 4.94. The third kappa shape index (κ3) is 5.42. The maximum absolute atomic E-state index is 12.4. The number of oxazole rings is 1. The normalized spacial score (nSPS) is 18.8. The van der Waals surface area contributed by atoms with Gasteiger partial charge in [-0.3, -0.25) is 9.59 Å². The van der Waals surface area contributed by atoms with Gasteiger partial charge in [0.2, 0.25) is 17.7 Å². The van der Waals surface area contributed by atoms with E-state index in [0.29, 0.717) is 30.4 Å². The van der Waals surface area contributed by atoms with Gasteiger partial charge in [0.25, 0.3) is 0 Å². The number of nitrogens with one attached hydrogen (secondary N) is 2. The molecule has 1 saturated carbocycles. The Morgan fingerprint density at radius 1 is 1.14 bits per heavy atom. The van der Waals surface area contributed by atoms with E-state index in [-0.39, 0.29) is 30.3 Å². The smallest absolute Gasteiger partial charge is 0.226 e. The summed E-state index contributed by atoms with van der Waals surface area (Å²) in [5.74, 6) is 1.10. The van der Waals surface area contributed by atoms with E-state index in [4.69, 9.17) is 9.15 Å². The first-order valence-corrected chi connectivity index (χ1v) is 9.64. The second-order valence-corrected chi connectivity index (χ2v) is 7.15. The molecular formula is C21H27N3O4. The Balaban J connectivity index is 1.49. The highest BCUT2D eigenvalue weighted by molar-refractivity contribution is 5.79. The van der Waals surface area contributed by atoms with E-state index in [9.17, 15) is 9.59 Å². The van der Waals surface area contributed by atoms with Gasteiger partial charge in [0.05, 0.1) is 18.7 Å². The van der Waals surface area contributed by atoms with Crippen molar-refractivity contribution in [2.24, 2.45) is 0 Å². The molecule has 150 valence electrons. The van der Waals surface area contributed by atoms with Crippen molar-refractivity contribution in [1.29, 1.82) is 0 Å². The molecule has 7 heteroatoms. The molecular weight excluding hydrogens is 358 g/mol. The Morgan fingerprint density at radius 2 is 1.82 bits per heavy atom. The molecule has 2 atom stereocenters. The molecule has 0 bridgehead atoms. The summed E-state index contributed by atoms with van der Waals surface area (Å²) in [7, 11) is 1.58. The molecule has 3 rings (SSSR count). The van der Waals surface area contributed by atoms with E-state index in [0.717, 1.165) is 24.8 Å². The highest BCUT2D eigenvalue weighted by Crippen LogP contribution is 2.22. The molecule has 0 unspecified atom stereocenters. The SMILES string of the molecule is COCCC(=O)N[C@H]1CC[C@@H](NC(=O)Cc2nc(-c3ccccc3)oc2C)C1. The lowest BCUT2D eigenvalue weighted by molar-refractivity contribution is -0.122. The quantitative estimate of drug-likeness (QED) is 0.728. The number of carbonyl (C=O) groups is 2. The second-order valence-electron chi connectivity index (χ2n) is 7.15. The van der Waals surface area contributed by atoms with E-state index in [2.05, 4.69) is 15.6 Å². The van der Waals surface area contributed by atoms with Gasteiger partial charge in [-0.1, -0.05) is 18.2 Å². The lowest BCUT2D eigenvalue weighted by Gasteiger charge is -2.14. The fraction of sp³-hybridized carbons (Fsp3) is 0.476. The predicted octanol–water partition coefficient (Wildman–Crippen LogP) is 2.38. The number of carbonyl (C=O) groups excluding carboxylic acids is 2. The molecule has 2 aromatic rings. The Hall–Kier alpha value is -2.67. The number of hydrogen-bond acceptors (Lipinski definition) is 5. The molecule has 2 N–H and O–H groups in total. The van der Waals surface area contributed by atoms with Gasteiger partial charge in [0.15, 0.2) is 0 Å². The van der Waals surface area contributed by atoms with Crippen molar-refractivity contribution in [3.63, 3.8) is 0 Å². The molecule has 1 aromatic carbocycles. The Bertz CT molecular complexity index is 803. The zero-order chi connectivity index (χ0) is 19.9. The molecule has 0 radical (unpaired) electrons. The van der Waals surface area contributed by atoms with Gasteiger partial charge in [-0.05, 0) is 38.3 Å². The number of aryl methyl sites for hydroxylation is 1. The summed E-state index contributed by atoms with van der Waals surface area (Å²) in [5.41, 5.74) is 1.54. The van der Waals surface area contributed by atoms with Crippen molar-refractivity contribution >= 4 is 11.8 Å².